The van der Waals surface area contributed by atoms with Gasteiger partial charge in [-0.3, -0.25) is 4.98 Å². The first kappa shape index (κ1) is 14.6. The van der Waals surface area contributed by atoms with Crippen molar-refractivity contribution >= 4 is 16.6 Å². The number of hydrogen-bond acceptors (Lipinski definition) is 3. The SMILES string of the molecule is CC1=C[C@H](C)CN(c2ccc(C#N)c3ncccc23)[C@@H](C)C1. The predicted octanol–water partition coefficient (Wildman–Crippen LogP) is 4.29. The van der Waals surface area contributed by atoms with Gasteiger partial charge in [0.25, 0.3) is 0 Å². The molecule has 1 aliphatic heterocycles. The molecule has 0 unspecified atom stereocenters. The maximum atomic E-state index is 9.30. The molecule has 3 rings (SSSR count). The van der Waals surface area contributed by atoms with E-state index in [4.69, 9.17) is 0 Å². The zero-order valence-corrected chi connectivity index (χ0v) is 13.4. The van der Waals surface area contributed by atoms with Gasteiger partial charge in [0.15, 0.2) is 0 Å². The average molecular weight is 291 g/mol. The summed E-state index contributed by atoms with van der Waals surface area (Å²) in [4.78, 5) is 6.89. The van der Waals surface area contributed by atoms with E-state index >= 15 is 0 Å². The van der Waals surface area contributed by atoms with Crippen molar-refractivity contribution in [3.63, 3.8) is 0 Å². The lowest BCUT2D eigenvalue weighted by Crippen LogP contribution is -2.35. The van der Waals surface area contributed by atoms with Gasteiger partial charge in [0.05, 0.1) is 11.1 Å². The number of aromatic nitrogens is 1. The zero-order valence-electron chi connectivity index (χ0n) is 13.4. The summed E-state index contributed by atoms with van der Waals surface area (Å²) in [6.07, 6.45) is 5.21. The molecule has 1 aliphatic rings. The van der Waals surface area contributed by atoms with Crippen molar-refractivity contribution in [3.05, 3.63) is 47.7 Å². The molecular weight excluding hydrogens is 270 g/mol. The summed E-state index contributed by atoms with van der Waals surface area (Å²) >= 11 is 0. The molecule has 2 heterocycles. The third-order valence-corrected chi connectivity index (χ3v) is 4.38. The Morgan fingerprint density at radius 2 is 2.09 bits per heavy atom. The maximum Gasteiger partial charge on any atom is 0.101 e. The van der Waals surface area contributed by atoms with E-state index in [0.717, 1.165) is 23.9 Å². The van der Waals surface area contributed by atoms with Gasteiger partial charge in [-0.25, -0.2) is 0 Å². The van der Waals surface area contributed by atoms with Crippen LogP contribution in [0.3, 0.4) is 0 Å². The van der Waals surface area contributed by atoms with E-state index in [1.807, 2.05) is 12.1 Å². The van der Waals surface area contributed by atoms with Crippen molar-refractivity contribution < 1.29 is 0 Å². The van der Waals surface area contributed by atoms with Crippen LogP contribution in [0.15, 0.2) is 42.1 Å². The second-order valence-corrected chi connectivity index (χ2v) is 6.34. The molecule has 0 bridgehead atoms. The van der Waals surface area contributed by atoms with Crippen LogP contribution in [0.2, 0.25) is 0 Å². The summed E-state index contributed by atoms with van der Waals surface area (Å²) in [6, 6.07) is 10.7. The molecule has 0 saturated carbocycles. The first-order valence-corrected chi connectivity index (χ1v) is 7.82. The Hall–Kier alpha value is -2.34. The summed E-state index contributed by atoms with van der Waals surface area (Å²) < 4.78 is 0. The fourth-order valence-corrected chi connectivity index (χ4v) is 3.51. The van der Waals surface area contributed by atoms with Crippen LogP contribution in [0.25, 0.3) is 10.9 Å². The van der Waals surface area contributed by atoms with Gasteiger partial charge in [-0.15, -0.1) is 0 Å². The van der Waals surface area contributed by atoms with Crippen LogP contribution in [-0.2, 0) is 0 Å². The van der Waals surface area contributed by atoms with E-state index in [9.17, 15) is 5.26 Å². The number of pyridine rings is 1. The van der Waals surface area contributed by atoms with E-state index in [0.29, 0.717) is 17.5 Å². The number of hydrogen-bond donors (Lipinski definition) is 0. The monoisotopic (exact) mass is 291 g/mol. The average Bonchev–Trinajstić information content (AvgIpc) is 2.63. The normalized spacial score (nSPS) is 22.1. The second kappa shape index (κ2) is 5.81. The molecular formula is C19H21N3. The third kappa shape index (κ3) is 2.57. The molecule has 112 valence electrons. The lowest BCUT2D eigenvalue weighted by Gasteiger charge is -2.32. The Balaban J connectivity index is 2.13. The minimum Gasteiger partial charge on any atom is -0.367 e. The molecule has 2 aromatic rings. The molecule has 0 N–H and O–H groups in total. The smallest absolute Gasteiger partial charge is 0.101 e. The molecule has 0 fully saturated rings. The topological polar surface area (TPSA) is 39.9 Å². The molecule has 0 amide bonds. The summed E-state index contributed by atoms with van der Waals surface area (Å²) in [5.74, 6) is 0.521. The molecule has 0 saturated heterocycles. The summed E-state index contributed by atoms with van der Waals surface area (Å²) in [6.45, 7) is 7.75. The molecule has 1 aromatic carbocycles. The Morgan fingerprint density at radius 1 is 1.27 bits per heavy atom. The van der Waals surface area contributed by atoms with Crippen LogP contribution >= 0.6 is 0 Å². The lowest BCUT2D eigenvalue weighted by molar-refractivity contribution is 0.603. The second-order valence-electron chi connectivity index (χ2n) is 6.34. The van der Waals surface area contributed by atoms with E-state index < -0.39 is 0 Å². The number of anilines is 1. The van der Waals surface area contributed by atoms with Crippen LogP contribution in [0.1, 0.15) is 32.8 Å². The van der Waals surface area contributed by atoms with Gasteiger partial charge in [0.2, 0.25) is 0 Å². The van der Waals surface area contributed by atoms with Gasteiger partial charge in [-0.2, -0.15) is 5.26 Å². The van der Waals surface area contributed by atoms with E-state index in [2.05, 4.69) is 54.9 Å². The molecule has 0 aliphatic carbocycles. The highest BCUT2D eigenvalue weighted by Gasteiger charge is 2.22. The van der Waals surface area contributed by atoms with Crippen molar-refractivity contribution in [2.45, 2.75) is 33.2 Å². The lowest BCUT2D eigenvalue weighted by atomic mass is 10.0. The highest BCUT2D eigenvalue weighted by Crippen LogP contribution is 2.32. The number of nitrogens with zero attached hydrogens (tertiary/aromatic N) is 3. The van der Waals surface area contributed by atoms with E-state index in [1.54, 1.807) is 6.20 Å². The highest BCUT2D eigenvalue weighted by atomic mass is 15.2. The summed E-state index contributed by atoms with van der Waals surface area (Å²) in [5, 5.41) is 10.4. The van der Waals surface area contributed by atoms with Gasteiger partial charge in [-0.1, -0.05) is 18.6 Å². The van der Waals surface area contributed by atoms with Crippen molar-refractivity contribution in [1.29, 1.82) is 5.26 Å². The van der Waals surface area contributed by atoms with Gasteiger partial charge < -0.3 is 4.90 Å². The van der Waals surface area contributed by atoms with Crippen molar-refractivity contribution in [3.8, 4) is 6.07 Å². The number of benzene rings is 1. The largest absolute Gasteiger partial charge is 0.367 e. The Bertz CT molecular complexity index is 770. The number of fused-ring (bicyclic) bond motifs is 1. The maximum absolute atomic E-state index is 9.30. The number of nitriles is 1. The van der Waals surface area contributed by atoms with Crippen molar-refractivity contribution in [2.24, 2.45) is 5.92 Å². The molecule has 22 heavy (non-hydrogen) atoms. The summed E-state index contributed by atoms with van der Waals surface area (Å²) in [7, 11) is 0. The molecule has 2 atom stereocenters. The van der Waals surface area contributed by atoms with Crippen LogP contribution < -0.4 is 4.90 Å². The van der Waals surface area contributed by atoms with Crippen LogP contribution in [0, 0.1) is 17.2 Å². The summed E-state index contributed by atoms with van der Waals surface area (Å²) in [5.41, 5.74) is 4.09. The standard InChI is InChI=1S/C19H21N3/c1-13-9-14(2)12-22(15(3)10-13)18-7-6-16(11-20)19-17(18)5-4-8-21-19/h4-9,14-15H,10,12H2,1-3H3/t14-,15-/m0/s1. The first-order valence-electron chi connectivity index (χ1n) is 7.82. The van der Waals surface area contributed by atoms with Crippen molar-refractivity contribution in [1.82, 2.24) is 4.98 Å². The predicted molar refractivity (Wildman–Crippen MR) is 90.8 cm³/mol. The van der Waals surface area contributed by atoms with Crippen LogP contribution in [0.5, 0.6) is 0 Å². The fourth-order valence-electron chi connectivity index (χ4n) is 3.51. The quantitative estimate of drug-likeness (QED) is 0.736. The van der Waals surface area contributed by atoms with Crippen LogP contribution in [0.4, 0.5) is 5.69 Å². The number of rotatable bonds is 1. The Labute approximate surface area is 131 Å². The fraction of sp³-hybridized carbons (Fsp3) is 0.368. The van der Waals surface area contributed by atoms with E-state index in [1.165, 1.54) is 11.3 Å². The Kier molecular flexibility index (Phi) is 3.85. The first-order chi connectivity index (χ1) is 10.6. The molecule has 3 nitrogen and oxygen atoms in total. The minimum atomic E-state index is 0.442. The Morgan fingerprint density at radius 3 is 2.86 bits per heavy atom. The zero-order chi connectivity index (χ0) is 15.7. The third-order valence-electron chi connectivity index (χ3n) is 4.38. The molecule has 1 aromatic heterocycles. The molecule has 0 radical (unpaired) electrons. The highest BCUT2D eigenvalue weighted by molar-refractivity contribution is 5.95. The van der Waals surface area contributed by atoms with Crippen molar-refractivity contribution in [2.75, 3.05) is 11.4 Å². The van der Waals surface area contributed by atoms with E-state index in [-0.39, 0.29) is 0 Å². The van der Waals surface area contributed by atoms with Gasteiger partial charge in [0.1, 0.15) is 6.07 Å². The van der Waals surface area contributed by atoms with Gasteiger partial charge in [-0.05, 0) is 50.5 Å². The minimum absolute atomic E-state index is 0.442. The van der Waals surface area contributed by atoms with Gasteiger partial charge in [0, 0.05) is 29.9 Å². The molecule has 3 heteroatoms. The van der Waals surface area contributed by atoms with Gasteiger partial charge >= 0.3 is 0 Å². The molecule has 0 spiro atoms. The van der Waals surface area contributed by atoms with Crippen LogP contribution in [-0.4, -0.2) is 17.6 Å².